The smallest absolute Gasteiger partial charge is 0.263 e. The van der Waals surface area contributed by atoms with Crippen molar-refractivity contribution in [2.75, 3.05) is 13.1 Å². The average Bonchev–Trinajstić information content (AvgIpc) is 3.01. The minimum Gasteiger partial charge on any atom is -0.463 e. The van der Waals surface area contributed by atoms with Crippen LogP contribution in [0.3, 0.4) is 0 Å². The van der Waals surface area contributed by atoms with Crippen molar-refractivity contribution in [2.24, 2.45) is 0 Å². The number of imidazole rings is 1. The molecule has 0 saturated carbocycles. The second kappa shape index (κ2) is 4.87. The van der Waals surface area contributed by atoms with Gasteiger partial charge in [-0.15, -0.1) is 0 Å². The molecule has 1 aliphatic heterocycles. The zero-order chi connectivity index (χ0) is 13.2. The molecular weight excluding hydrogens is 244 g/mol. The molecular formula is C13H16N4O2. The summed E-state index contributed by atoms with van der Waals surface area (Å²) in [6, 6.07) is 1.83. The predicted octanol–water partition coefficient (Wildman–Crippen LogP) is 1.35. The number of nitrogens with one attached hydrogen (secondary N) is 1. The fourth-order valence-electron chi connectivity index (χ4n) is 2.38. The summed E-state index contributed by atoms with van der Waals surface area (Å²) >= 11 is 0. The maximum absolute atomic E-state index is 12.1. The van der Waals surface area contributed by atoms with E-state index in [2.05, 4.69) is 21.9 Å². The Balaban J connectivity index is 1.79. The topological polar surface area (TPSA) is 71.1 Å². The van der Waals surface area contributed by atoms with Crippen molar-refractivity contribution < 1.29 is 9.53 Å². The van der Waals surface area contributed by atoms with E-state index >= 15 is 0 Å². The van der Waals surface area contributed by atoms with Crippen LogP contribution < -0.4 is 4.74 Å². The zero-order valence-electron chi connectivity index (χ0n) is 10.8. The van der Waals surface area contributed by atoms with Crippen LogP contribution in [-0.2, 0) is 4.79 Å². The van der Waals surface area contributed by atoms with E-state index in [1.165, 1.54) is 0 Å². The van der Waals surface area contributed by atoms with Gasteiger partial charge in [0.05, 0.1) is 11.8 Å². The van der Waals surface area contributed by atoms with Crippen LogP contribution in [0.25, 0.3) is 11.0 Å². The second-order valence-corrected chi connectivity index (χ2v) is 4.64. The van der Waals surface area contributed by atoms with E-state index in [-0.39, 0.29) is 5.91 Å². The van der Waals surface area contributed by atoms with Crippen LogP contribution in [0.15, 0.2) is 18.6 Å². The van der Waals surface area contributed by atoms with E-state index < -0.39 is 6.10 Å². The molecule has 1 N–H and O–H groups in total. The Hall–Kier alpha value is -2.11. The Morgan fingerprint density at radius 3 is 3.26 bits per heavy atom. The SMILES string of the molecule is CCCN1CCC(Oc2nccc3[nH]cnc23)C1=O. The maximum atomic E-state index is 12.1. The summed E-state index contributed by atoms with van der Waals surface area (Å²) in [5.41, 5.74) is 1.53. The number of H-pyrrole nitrogens is 1. The Bertz CT molecular complexity index is 595. The van der Waals surface area contributed by atoms with Gasteiger partial charge in [-0.25, -0.2) is 9.97 Å². The first-order valence-electron chi connectivity index (χ1n) is 6.53. The summed E-state index contributed by atoms with van der Waals surface area (Å²) in [6.45, 7) is 3.61. The summed E-state index contributed by atoms with van der Waals surface area (Å²) in [4.78, 5) is 25.3. The van der Waals surface area contributed by atoms with Gasteiger partial charge in [0.2, 0.25) is 5.88 Å². The highest BCUT2D eigenvalue weighted by atomic mass is 16.5. The van der Waals surface area contributed by atoms with E-state index in [0.717, 1.165) is 25.0 Å². The van der Waals surface area contributed by atoms with Gasteiger partial charge in [0.1, 0.15) is 0 Å². The lowest BCUT2D eigenvalue weighted by Gasteiger charge is -2.15. The molecule has 1 aliphatic rings. The molecule has 1 fully saturated rings. The minimum atomic E-state index is -0.429. The number of aromatic amines is 1. The number of hydrogen-bond donors (Lipinski definition) is 1. The van der Waals surface area contributed by atoms with Crippen molar-refractivity contribution in [2.45, 2.75) is 25.9 Å². The standard InChI is InChI=1S/C13H16N4O2/c1-2-6-17-7-4-10(13(17)18)19-12-11-9(3-5-14-12)15-8-16-11/h3,5,8,10H,2,4,6-7H2,1H3,(H,15,16). The number of likely N-dealkylation sites (tertiary alicyclic amines) is 1. The molecule has 3 rings (SSSR count). The van der Waals surface area contributed by atoms with E-state index in [0.29, 0.717) is 17.8 Å². The number of fused-ring (bicyclic) bond motifs is 1. The Kier molecular flexibility index (Phi) is 3.06. The van der Waals surface area contributed by atoms with E-state index in [9.17, 15) is 4.79 Å². The van der Waals surface area contributed by atoms with Crippen LogP contribution in [0.4, 0.5) is 0 Å². The van der Waals surface area contributed by atoms with Gasteiger partial charge in [-0.3, -0.25) is 4.79 Å². The Labute approximate surface area is 110 Å². The van der Waals surface area contributed by atoms with Gasteiger partial charge in [0, 0.05) is 25.7 Å². The number of nitrogens with zero attached hydrogens (tertiary/aromatic N) is 3. The normalized spacial score (nSPS) is 19.3. The van der Waals surface area contributed by atoms with Crippen LogP contribution in [0.1, 0.15) is 19.8 Å². The van der Waals surface area contributed by atoms with Gasteiger partial charge in [-0.1, -0.05) is 6.92 Å². The van der Waals surface area contributed by atoms with Gasteiger partial charge in [0.15, 0.2) is 11.6 Å². The largest absolute Gasteiger partial charge is 0.463 e. The highest BCUT2D eigenvalue weighted by molar-refractivity contribution is 5.84. The quantitative estimate of drug-likeness (QED) is 0.900. The number of carbonyl (C=O) groups is 1. The van der Waals surface area contributed by atoms with Crippen molar-refractivity contribution in [3.05, 3.63) is 18.6 Å². The molecule has 19 heavy (non-hydrogen) atoms. The van der Waals surface area contributed by atoms with E-state index in [1.807, 2.05) is 11.0 Å². The molecule has 0 aliphatic carbocycles. The third kappa shape index (κ3) is 2.14. The monoisotopic (exact) mass is 260 g/mol. The van der Waals surface area contributed by atoms with Crippen LogP contribution in [0.5, 0.6) is 5.88 Å². The summed E-state index contributed by atoms with van der Waals surface area (Å²) in [5, 5.41) is 0. The summed E-state index contributed by atoms with van der Waals surface area (Å²) < 4.78 is 5.75. The molecule has 1 amide bonds. The van der Waals surface area contributed by atoms with E-state index in [4.69, 9.17) is 4.74 Å². The molecule has 3 heterocycles. The van der Waals surface area contributed by atoms with Crippen molar-refractivity contribution >= 4 is 16.9 Å². The van der Waals surface area contributed by atoms with Crippen molar-refractivity contribution in [1.29, 1.82) is 0 Å². The van der Waals surface area contributed by atoms with Gasteiger partial charge in [-0.05, 0) is 12.5 Å². The molecule has 0 spiro atoms. The molecule has 2 aromatic heterocycles. The van der Waals surface area contributed by atoms with Gasteiger partial charge >= 0.3 is 0 Å². The Morgan fingerprint density at radius 2 is 2.42 bits per heavy atom. The highest BCUT2D eigenvalue weighted by Gasteiger charge is 2.33. The number of hydrogen-bond acceptors (Lipinski definition) is 4. The number of pyridine rings is 1. The van der Waals surface area contributed by atoms with E-state index in [1.54, 1.807) is 12.5 Å². The lowest BCUT2D eigenvalue weighted by Crippen LogP contribution is -2.32. The van der Waals surface area contributed by atoms with Crippen molar-refractivity contribution in [1.82, 2.24) is 19.9 Å². The van der Waals surface area contributed by atoms with Gasteiger partial charge in [0.25, 0.3) is 5.91 Å². The molecule has 6 heteroatoms. The molecule has 0 aromatic carbocycles. The fourth-order valence-corrected chi connectivity index (χ4v) is 2.38. The zero-order valence-corrected chi connectivity index (χ0v) is 10.8. The van der Waals surface area contributed by atoms with Crippen molar-refractivity contribution in [3.8, 4) is 5.88 Å². The molecule has 0 radical (unpaired) electrons. The van der Waals surface area contributed by atoms with Gasteiger partial charge < -0.3 is 14.6 Å². The predicted molar refractivity (Wildman–Crippen MR) is 69.8 cm³/mol. The number of aromatic nitrogens is 3. The number of amides is 1. The molecule has 6 nitrogen and oxygen atoms in total. The van der Waals surface area contributed by atoms with Crippen LogP contribution in [-0.4, -0.2) is 45.0 Å². The third-order valence-electron chi connectivity index (χ3n) is 3.30. The molecule has 0 bridgehead atoms. The fraction of sp³-hybridized carbons (Fsp3) is 0.462. The molecule has 2 aromatic rings. The first-order valence-corrected chi connectivity index (χ1v) is 6.53. The lowest BCUT2D eigenvalue weighted by atomic mass is 10.3. The second-order valence-electron chi connectivity index (χ2n) is 4.64. The van der Waals surface area contributed by atoms with Crippen LogP contribution in [0.2, 0.25) is 0 Å². The Morgan fingerprint density at radius 1 is 1.53 bits per heavy atom. The molecule has 1 atom stereocenters. The lowest BCUT2D eigenvalue weighted by molar-refractivity contribution is -0.133. The maximum Gasteiger partial charge on any atom is 0.263 e. The highest BCUT2D eigenvalue weighted by Crippen LogP contribution is 2.23. The van der Waals surface area contributed by atoms with Crippen LogP contribution >= 0.6 is 0 Å². The first-order chi connectivity index (χ1) is 9.29. The summed E-state index contributed by atoms with van der Waals surface area (Å²) in [7, 11) is 0. The van der Waals surface area contributed by atoms with Gasteiger partial charge in [-0.2, -0.15) is 0 Å². The van der Waals surface area contributed by atoms with Crippen molar-refractivity contribution in [3.63, 3.8) is 0 Å². The molecule has 100 valence electrons. The molecule has 1 unspecified atom stereocenters. The summed E-state index contributed by atoms with van der Waals surface area (Å²) in [6.07, 6.45) is 4.49. The number of ether oxygens (including phenoxy) is 1. The number of carbonyl (C=O) groups excluding carboxylic acids is 1. The average molecular weight is 260 g/mol. The summed E-state index contributed by atoms with van der Waals surface area (Å²) in [5.74, 6) is 0.478. The molecule has 1 saturated heterocycles. The first kappa shape index (κ1) is 12.0. The third-order valence-corrected chi connectivity index (χ3v) is 3.30. The number of rotatable bonds is 4. The minimum absolute atomic E-state index is 0.0520. The van der Waals surface area contributed by atoms with Crippen LogP contribution in [0, 0.1) is 0 Å².